The maximum absolute atomic E-state index is 13.4. The first-order valence-corrected chi connectivity index (χ1v) is 9.15. The van der Waals surface area contributed by atoms with Gasteiger partial charge < -0.3 is 9.47 Å². The van der Waals surface area contributed by atoms with Crippen LogP contribution in [0.25, 0.3) is 0 Å². The molecule has 1 aromatic carbocycles. The van der Waals surface area contributed by atoms with Crippen molar-refractivity contribution in [3.05, 3.63) is 59.7 Å². The summed E-state index contributed by atoms with van der Waals surface area (Å²) in [6, 6.07) is 10.5. The van der Waals surface area contributed by atoms with E-state index in [9.17, 15) is 9.18 Å². The number of hydrogen-bond donors (Lipinski definition) is 0. The smallest absolute Gasteiger partial charge is 0.237 e. The molecule has 0 aliphatic carbocycles. The van der Waals surface area contributed by atoms with Gasteiger partial charge in [-0.1, -0.05) is 18.6 Å². The van der Waals surface area contributed by atoms with Gasteiger partial charge in [0.2, 0.25) is 5.91 Å². The van der Waals surface area contributed by atoms with Crippen LogP contribution in [0, 0.1) is 5.82 Å². The van der Waals surface area contributed by atoms with Crippen LogP contribution in [0.4, 0.5) is 4.39 Å². The van der Waals surface area contributed by atoms with Gasteiger partial charge in [0.15, 0.2) is 0 Å². The van der Waals surface area contributed by atoms with Gasteiger partial charge >= 0.3 is 0 Å². The number of hydrogen-bond acceptors (Lipinski definition) is 2. The zero-order valence-electron chi connectivity index (χ0n) is 14.4. The fourth-order valence-electron chi connectivity index (χ4n) is 4.05. The number of rotatable bonds is 3. The van der Waals surface area contributed by atoms with E-state index in [-0.39, 0.29) is 17.8 Å². The molecule has 0 spiro atoms. The van der Waals surface area contributed by atoms with E-state index in [0.29, 0.717) is 13.1 Å². The Morgan fingerprint density at radius 3 is 2.52 bits per heavy atom. The van der Waals surface area contributed by atoms with Crippen LogP contribution in [0.3, 0.4) is 0 Å². The zero-order chi connectivity index (χ0) is 17.2. The topological polar surface area (TPSA) is 28.5 Å². The molecule has 25 heavy (non-hydrogen) atoms. The maximum Gasteiger partial charge on any atom is 0.237 e. The molecular weight excluding hydrogens is 317 g/mol. The summed E-state index contributed by atoms with van der Waals surface area (Å²) in [7, 11) is 0. The Balaban J connectivity index is 1.61. The highest BCUT2D eigenvalue weighted by atomic mass is 19.1. The van der Waals surface area contributed by atoms with Crippen molar-refractivity contribution >= 4 is 5.91 Å². The fourth-order valence-corrected chi connectivity index (χ4v) is 4.05. The van der Waals surface area contributed by atoms with E-state index in [1.165, 1.54) is 31.4 Å². The molecule has 2 aromatic rings. The summed E-state index contributed by atoms with van der Waals surface area (Å²) in [5.74, 6) is -0.0789. The minimum atomic E-state index is -0.249. The van der Waals surface area contributed by atoms with Crippen molar-refractivity contribution in [2.75, 3.05) is 26.2 Å². The van der Waals surface area contributed by atoms with Crippen LogP contribution in [0.5, 0.6) is 0 Å². The third kappa shape index (κ3) is 3.33. The number of amides is 1. The Morgan fingerprint density at radius 1 is 1.00 bits per heavy atom. The van der Waals surface area contributed by atoms with Gasteiger partial charge in [-0.05, 0) is 55.8 Å². The van der Waals surface area contributed by atoms with Gasteiger partial charge in [0.05, 0.1) is 12.6 Å². The molecule has 1 unspecified atom stereocenters. The molecule has 5 heteroatoms. The largest absolute Gasteiger partial charge is 0.348 e. The quantitative estimate of drug-likeness (QED) is 0.858. The van der Waals surface area contributed by atoms with Gasteiger partial charge in [-0.3, -0.25) is 9.69 Å². The van der Waals surface area contributed by atoms with Gasteiger partial charge in [-0.15, -0.1) is 0 Å². The third-order valence-electron chi connectivity index (χ3n) is 5.35. The predicted octanol–water partition coefficient (Wildman–Crippen LogP) is 3.04. The van der Waals surface area contributed by atoms with E-state index >= 15 is 0 Å². The Hall–Kier alpha value is -2.14. The maximum atomic E-state index is 13.4. The molecule has 4 nitrogen and oxygen atoms in total. The van der Waals surface area contributed by atoms with Crippen LogP contribution in [-0.4, -0.2) is 46.5 Å². The minimum absolute atomic E-state index is 0.137. The summed E-state index contributed by atoms with van der Waals surface area (Å²) in [5, 5.41) is 0. The highest BCUT2D eigenvalue weighted by Crippen LogP contribution is 2.32. The van der Waals surface area contributed by atoms with E-state index in [2.05, 4.69) is 21.7 Å². The Kier molecular flexibility index (Phi) is 4.57. The monoisotopic (exact) mass is 341 g/mol. The average molecular weight is 341 g/mol. The summed E-state index contributed by atoms with van der Waals surface area (Å²) in [5.41, 5.74) is 2.07. The molecule has 1 amide bonds. The number of aromatic nitrogens is 1. The minimum Gasteiger partial charge on any atom is -0.348 e. The number of likely N-dealkylation sites (tertiary alicyclic amines) is 1. The first kappa shape index (κ1) is 16.3. The van der Waals surface area contributed by atoms with E-state index < -0.39 is 0 Å². The van der Waals surface area contributed by atoms with Crippen molar-refractivity contribution in [1.29, 1.82) is 0 Å². The van der Waals surface area contributed by atoms with Crippen LogP contribution < -0.4 is 0 Å². The summed E-state index contributed by atoms with van der Waals surface area (Å²) in [6.07, 6.45) is 5.67. The van der Waals surface area contributed by atoms with Gasteiger partial charge in [0.1, 0.15) is 5.82 Å². The average Bonchev–Trinajstić information content (AvgIpc) is 3.11. The lowest BCUT2D eigenvalue weighted by atomic mass is 9.99. The highest BCUT2D eigenvalue weighted by Gasteiger charge is 2.32. The number of benzene rings is 1. The second-order valence-corrected chi connectivity index (χ2v) is 7.00. The number of carbonyl (C=O) groups is 1. The molecule has 1 fully saturated rings. The molecule has 0 saturated carbocycles. The zero-order valence-corrected chi connectivity index (χ0v) is 14.4. The van der Waals surface area contributed by atoms with Gasteiger partial charge in [-0.25, -0.2) is 4.39 Å². The standard InChI is InChI=1S/C20H24FN3O/c21-17-8-6-16(7-9-17)20-18-5-4-12-23(18)13-14-24(20)19(25)15-22-10-2-1-3-11-22/h4-9,12,20H,1-3,10-11,13-15H2. The van der Waals surface area contributed by atoms with Crippen LogP contribution in [-0.2, 0) is 11.3 Å². The predicted molar refractivity (Wildman–Crippen MR) is 94.7 cm³/mol. The lowest BCUT2D eigenvalue weighted by Crippen LogP contribution is -2.47. The normalized spacial score (nSPS) is 21.2. The van der Waals surface area contributed by atoms with Crippen molar-refractivity contribution in [2.24, 2.45) is 0 Å². The van der Waals surface area contributed by atoms with Gasteiger partial charge in [0.25, 0.3) is 0 Å². The molecule has 4 rings (SSSR count). The first-order chi connectivity index (χ1) is 12.2. The van der Waals surface area contributed by atoms with Crippen LogP contribution >= 0.6 is 0 Å². The second kappa shape index (κ2) is 7.00. The van der Waals surface area contributed by atoms with Crippen LogP contribution in [0.1, 0.15) is 36.6 Å². The SMILES string of the molecule is O=C(CN1CCCCC1)N1CCn2cccc2C1c1ccc(F)cc1. The molecule has 1 saturated heterocycles. The molecule has 2 aliphatic heterocycles. The number of piperidine rings is 1. The summed E-state index contributed by atoms with van der Waals surface area (Å²) < 4.78 is 15.6. The Morgan fingerprint density at radius 2 is 1.76 bits per heavy atom. The van der Waals surface area contributed by atoms with Crippen molar-refractivity contribution in [3.8, 4) is 0 Å². The van der Waals surface area contributed by atoms with Crippen molar-refractivity contribution in [1.82, 2.24) is 14.4 Å². The number of fused-ring (bicyclic) bond motifs is 1. The summed E-state index contributed by atoms with van der Waals surface area (Å²) >= 11 is 0. The van der Waals surface area contributed by atoms with Crippen molar-refractivity contribution < 1.29 is 9.18 Å². The van der Waals surface area contributed by atoms with E-state index in [4.69, 9.17) is 0 Å². The van der Waals surface area contributed by atoms with Gasteiger partial charge in [0, 0.05) is 25.0 Å². The van der Waals surface area contributed by atoms with Crippen LogP contribution in [0.15, 0.2) is 42.6 Å². The second-order valence-electron chi connectivity index (χ2n) is 7.00. The van der Waals surface area contributed by atoms with Gasteiger partial charge in [-0.2, -0.15) is 0 Å². The Bertz CT molecular complexity index is 734. The molecule has 3 heterocycles. The molecule has 2 aliphatic rings. The molecule has 132 valence electrons. The van der Waals surface area contributed by atoms with Crippen LogP contribution in [0.2, 0.25) is 0 Å². The number of halogens is 1. The van der Waals surface area contributed by atoms with Crippen molar-refractivity contribution in [2.45, 2.75) is 31.8 Å². The van der Waals surface area contributed by atoms with E-state index in [1.807, 2.05) is 11.0 Å². The Labute approximate surface area is 147 Å². The number of nitrogens with zero attached hydrogens (tertiary/aromatic N) is 3. The molecular formula is C20H24FN3O. The van der Waals surface area contributed by atoms with Crippen molar-refractivity contribution in [3.63, 3.8) is 0 Å². The third-order valence-corrected chi connectivity index (χ3v) is 5.35. The van der Waals surface area contributed by atoms with E-state index in [1.54, 1.807) is 12.1 Å². The number of carbonyl (C=O) groups excluding carboxylic acids is 1. The lowest BCUT2D eigenvalue weighted by molar-refractivity contribution is -0.135. The molecule has 0 N–H and O–H groups in total. The first-order valence-electron chi connectivity index (χ1n) is 9.15. The summed E-state index contributed by atoms with van der Waals surface area (Å²) in [6.45, 7) is 4.01. The molecule has 0 bridgehead atoms. The molecule has 1 atom stereocenters. The van der Waals surface area contributed by atoms with E-state index in [0.717, 1.165) is 30.9 Å². The summed E-state index contributed by atoms with van der Waals surface area (Å²) in [4.78, 5) is 17.3. The fraction of sp³-hybridized carbons (Fsp3) is 0.450. The lowest BCUT2D eigenvalue weighted by Gasteiger charge is -2.39. The molecule has 0 radical (unpaired) electrons. The molecule has 1 aromatic heterocycles. The highest BCUT2D eigenvalue weighted by molar-refractivity contribution is 5.79.